The second kappa shape index (κ2) is 4.64. The predicted octanol–water partition coefficient (Wildman–Crippen LogP) is 3.54. The highest BCUT2D eigenvalue weighted by atomic mass is 15.2. The molecular formula is C16H23N3. The lowest BCUT2D eigenvalue weighted by Gasteiger charge is -2.40. The summed E-state index contributed by atoms with van der Waals surface area (Å²) in [6.45, 7) is 9.24. The molecule has 1 aliphatic rings. The van der Waals surface area contributed by atoms with Crippen LogP contribution in [0.2, 0.25) is 0 Å². The van der Waals surface area contributed by atoms with Crippen LogP contribution >= 0.6 is 0 Å². The van der Waals surface area contributed by atoms with Gasteiger partial charge in [-0.15, -0.1) is 0 Å². The fourth-order valence-corrected chi connectivity index (χ4v) is 2.99. The number of para-hydroxylation sites is 2. The lowest BCUT2D eigenvalue weighted by Crippen LogP contribution is -2.45. The topological polar surface area (TPSA) is 31.9 Å². The number of hydrogen-bond donors (Lipinski definition) is 1. The van der Waals surface area contributed by atoms with Gasteiger partial charge in [-0.2, -0.15) is 0 Å². The van der Waals surface area contributed by atoms with E-state index in [1.54, 1.807) is 0 Å². The number of H-pyrrole nitrogens is 1. The van der Waals surface area contributed by atoms with E-state index in [1.807, 2.05) is 0 Å². The minimum absolute atomic E-state index is 0.291. The molecule has 1 N–H and O–H groups in total. The normalized spacial score (nSPS) is 19.1. The molecule has 2 heterocycles. The molecule has 3 rings (SSSR count). The molecule has 0 unspecified atom stereocenters. The van der Waals surface area contributed by atoms with Gasteiger partial charge in [-0.25, -0.2) is 4.98 Å². The molecule has 0 spiro atoms. The second-order valence-corrected chi connectivity index (χ2v) is 6.57. The molecular weight excluding hydrogens is 234 g/mol. The number of fused-ring (bicyclic) bond motifs is 1. The molecule has 1 aromatic carbocycles. The summed E-state index contributed by atoms with van der Waals surface area (Å²) in [5.74, 6) is 1.76. The Hall–Kier alpha value is -1.35. The van der Waals surface area contributed by atoms with Gasteiger partial charge in [0.2, 0.25) is 0 Å². The van der Waals surface area contributed by atoms with E-state index in [4.69, 9.17) is 4.98 Å². The first kappa shape index (κ1) is 12.7. The smallest absolute Gasteiger partial charge is 0.110 e. The highest BCUT2D eigenvalue weighted by Crippen LogP contribution is 2.30. The number of nitrogens with zero attached hydrogens (tertiary/aromatic N) is 2. The number of nitrogens with one attached hydrogen (secondary N) is 1. The van der Waals surface area contributed by atoms with E-state index in [9.17, 15) is 0 Å². The number of aromatic nitrogens is 2. The van der Waals surface area contributed by atoms with Gasteiger partial charge in [-0.3, -0.25) is 4.90 Å². The first-order chi connectivity index (χ1) is 9.04. The zero-order chi connectivity index (χ0) is 13.5. The number of likely N-dealkylation sites (tertiary alicyclic amines) is 1. The van der Waals surface area contributed by atoms with Crippen LogP contribution in [-0.4, -0.2) is 33.5 Å². The summed E-state index contributed by atoms with van der Waals surface area (Å²) < 4.78 is 0. The van der Waals surface area contributed by atoms with E-state index >= 15 is 0 Å². The van der Waals surface area contributed by atoms with Gasteiger partial charge in [0.25, 0.3) is 0 Å². The Balaban J connectivity index is 1.74. The maximum atomic E-state index is 4.75. The number of benzene rings is 1. The average molecular weight is 257 g/mol. The minimum atomic E-state index is 0.291. The van der Waals surface area contributed by atoms with Crippen LogP contribution in [0.3, 0.4) is 0 Å². The largest absolute Gasteiger partial charge is 0.342 e. The number of rotatable bonds is 1. The van der Waals surface area contributed by atoms with Crippen molar-refractivity contribution in [3.05, 3.63) is 30.1 Å². The molecule has 1 fully saturated rings. The summed E-state index contributed by atoms with van der Waals surface area (Å²) in [6, 6.07) is 8.30. The van der Waals surface area contributed by atoms with Crippen LogP contribution in [0, 0.1) is 0 Å². The monoisotopic (exact) mass is 257 g/mol. The third-order valence-corrected chi connectivity index (χ3v) is 4.24. The van der Waals surface area contributed by atoms with Gasteiger partial charge in [0.15, 0.2) is 0 Å². The molecule has 102 valence electrons. The molecule has 0 amide bonds. The van der Waals surface area contributed by atoms with Crippen molar-refractivity contribution < 1.29 is 0 Å². The third-order valence-electron chi connectivity index (χ3n) is 4.24. The first-order valence-electron chi connectivity index (χ1n) is 7.24. The molecule has 3 heteroatoms. The summed E-state index contributed by atoms with van der Waals surface area (Å²) in [6.07, 6.45) is 2.41. The van der Waals surface area contributed by atoms with Crippen LogP contribution in [0.25, 0.3) is 11.0 Å². The van der Waals surface area contributed by atoms with E-state index < -0.39 is 0 Å². The lowest BCUT2D eigenvalue weighted by atomic mass is 9.92. The summed E-state index contributed by atoms with van der Waals surface area (Å²) in [7, 11) is 0. The molecule has 2 aromatic rings. The van der Waals surface area contributed by atoms with Crippen molar-refractivity contribution in [3.63, 3.8) is 0 Å². The van der Waals surface area contributed by atoms with Gasteiger partial charge in [0.05, 0.1) is 11.0 Å². The van der Waals surface area contributed by atoms with Gasteiger partial charge in [0.1, 0.15) is 5.82 Å². The number of hydrogen-bond acceptors (Lipinski definition) is 2. The van der Waals surface area contributed by atoms with Gasteiger partial charge in [0, 0.05) is 11.5 Å². The number of imidazole rings is 1. The molecule has 0 bridgehead atoms. The van der Waals surface area contributed by atoms with Crippen molar-refractivity contribution in [2.75, 3.05) is 13.1 Å². The van der Waals surface area contributed by atoms with Crippen LogP contribution in [-0.2, 0) is 0 Å². The van der Waals surface area contributed by atoms with Crippen molar-refractivity contribution in [3.8, 4) is 0 Å². The van der Waals surface area contributed by atoms with E-state index in [-0.39, 0.29) is 0 Å². The molecule has 3 nitrogen and oxygen atoms in total. The van der Waals surface area contributed by atoms with Crippen LogP contribution in [0.1, 0.15) is 45.4 Å². The quantitative estimate of drug-likeness (QED) is 0.847. The van der Waals surface area contributed by atoms with Gasteiger partial charge < -0.3 is 4.98 Å². The van der Waals surface area contributed by atoms with Crippen LogP contribution < -0.4 is 0 Å². The van der Waals surface area contributed by atoms with Crippen molar-refractivity contribution in [1.29, 1.82) is 0 Å². The summed E-state index contributed by atoms with van der Waals surface area (Å²) >= 11 is 0. The second-order valence-electron chi connectivity index (χ2n) is 6.57. The maximum absolute atomic E-state index is 4.75. The molecule has 1 saturated heterocycles. The number of piperidine rings is 1. The molecule has 0 radical (unpaired) electrons. The molecule has 0 aliphatic carbocycles. The Labute approximate surface area is 115 Å². The Morgan fingerprint density at radius 2 is 1.84 bits per heavy atom. The first-order valence-corrected chi connectivity index (χ1v) is 7.24. The van der Waals surface area contributed by atoms with Crippen LogP contribution in [0.4, 0.5) is 0 Å². The predicted molar refractivity (Wildman–Crippen MR) is 79.4 cm³/mol. The SMILES string of the molecule is CC(C)(C)N1CCC(c2nc3ccccc3[nH]2)CC1. The standard InChI is InChI=1S/C16H23N3/c1-16(2,3)19-10-8-12(9-11-19)15-17-13-6-4-5-7-14(13)18-15/h4-7,12H,8-11H2,1-3H3,(H,17,18). The third kappa shape index (κ3) is 2.52. The van der Waals surface area contributed by atoms with Gasteiger partial charge in [-0.05, 0) is 58.8 Å². The van der Waals surface area contributed by atoms with E-state index in [0.717, 1.165) is 11.0 Å². The fourth-order valence-electron chi connectivity index (χ4n) is 2.99. The van der Waals surface area contributed by atoms with Crippen LogP contribution in [0.15, 0.2) is 24.3 Å². The summed E-state index contributed by atoms with van der Waals surface area (Å²) in [5.41, 5.74) is 2.55. The van der Waals surface area contributed by atoms with Crippen molar-refractivity contribution >= 4 is 11.0 Å². The van der Waals surface area contributed by atoms with Crippen molar-refractivity contribution in [2.45, 2.75) is 45.1 Å². The van der Waals surface area contributed by atoms with E-state index in [1.165, 1.54) is 31.8 Å². The van der Waals surface area contributed by atoms with Crippen molar-refractivity contribution in [2.24, 2.45) is 0 Å². The van der Waals surface area contributed by atoms with Gasteiger partial charge >= 0.3 is 0 Å². The summed E-state index contributed by atoms with van der Waals surface area (Å²) in [5, 5.41) is 0. The van der Waals surface area contributed by atoms with E-state index in [2.05, 4.69) is 54.9 Å². The number of aromatic amines is 1. The maximum Gasteiger partial charge on any atom is 0.110 e. The van der Waals surface area contributed by atoms with Gasteiger partial charge in [-0.1, -0.05) is 12.1 Å². The zero-order valence-electron chi connectivity index (χ0n) is 12.1. The molecule has 19 heavy (non-hydrogen) atoms. The fraction of sp³-hybridized carbons (Fsp3) is 0.562. The minimum Gasteiger partial charge on any atom is -0.342 e. The highest BCUT2D eigenvalue weighted by molar-refractivity contribution is 5.74. The Morgan fingerprint density at radius 3 is 2.47 bits per heavy atom. The molecule has 0 saturated carbocycles. The molecule has 0 atom stereocenters. The Kier molecular flexibility index (Phi) is 3.09. The van der Waals surface area contributed by atoms with Crippen LogP contribution in [0.5, 0.6) is 0 Å². The summed E-state index contributed by atoms with van der Waals surface area (Å²) in [4.78, 5) is 10.8. The highest BCUT2D eigenvalue weighted by Gasteiger charge is 2.28. The van der Waals surface area contributed by atoms with E-state index in [0.29, 0.717) is 11.5 Å². The van der Waals surface area contributed by atoms with Crippen molar-refractivity contribution in [1.82, 2.24) is 14.9 Å². The zero-order valence-corrected chi connectivity index (χ0v) is 12.1. The molecule has 1 aliphatic heterocycles. The lowest BCUT2D eigenvalue weighted by molar-refractivity contribution is 0.101. The Bertz CT molecular complexity index is 524. The Morgan fingerprint density at radius 1 is 1.16 bits per heavy atom. The average Bonchev–Trinajstić information content (AvgIpc) is 2.81. The molecule has 1 aromatic heterocycles.